The first-order valence-electron chi connectivity index (χ1n) is 6.02. The fourth-order valence-electron chi connectivity index (χ4n) is 1.50. The maximum Gasteiger partial charge on any atom is 0.244 e. The highest BCUT2D eigenvalue weighted by molar-refractivity contribution is 7.89. The van der Waals surface area contributed by atoms with Crippen LogP contribution in [-0.4, -0.2) is 56.7 Å². The van der Waals surface area contributed by atoms with Gasteiger partial charge in [-0.05, 0) is 12.5 Å². The van der Waals surface area contributed by atoms with E-state index in [4.69, 9.17) is 9.84 Å². The Morgan fingerprint density at radius 3 is 2.85 bits per heavy atom. The lowest BCUT2D eigenvalue weighted by molar-refractivity contribution is 0.189. The van der Waals surface area contributed by atoms with Gasteiger partial charge in [0.2, 0.25) is 10.0 Å². The number of aliphatic hydroxyl groups excluding tert-OH is 1. The smallest absolute Gasteiger partial charge is 0.244 e. The van der Waals surface area contributed by atoms with Crippen molar-refractivity contribution in [3.63, 3.8) is 0 Å². The van der Waals surface area contributed by atoms with E-state index < -0.39 is 10.0 Å². The van der Waals surface area contributed by atoms with Gasteiger partial charge >= 0.3 is 0 Å². The number of hydrogen-bond donors (Lipinski definition) is 1. The van der Waals surface area contributed by atoms with Gasteiger partial charge < -0.3 is 9.84 Å². The van der Waals surface area contributed by atoms with Gasteiger partial charge in [0.1, 0.15) is 11.5 Å². The summed E-state index contributed by atoms with van der Waals surface area (Å²) in [5.74, 6) is 5.09. The van der Waals surface area contributed by atoms with Crippen molar-refractivity contribution in [2.24, 2.45) is 0 Å². The molecule has 110 valence electrons. The van der Waals surface area contributed by atoms with Gasteiger partial charge in [0.05, 0.1) is 0 Å². The molecule has 1 aromatic heterocycles. The Bertz CT molecular complexity index is 590. The highest BCUT2D eigenvalue weighted by Gasteiger charge is 2.20. The molecule has 0 atom stereocenters. The van der Waals surface area contributed by atoms with Gasteiger partial charge in [0.15, 0.2) is 0 Å². The maximum atomic E-state index is 12.3. The lowest BCUT2D eigenvalue weighted by Gasteiger charge is -2.16. The number of aromatic nitrogens is 1. The second-order valence-corrected chi connectivity index (χ2v) is 6.09. The molecule has 0 radical (unpaired) electrons. The normalized spacial score (nSPS) is 11.2. The molecule has 0 aliphatic carbocycles. The molecule has 0 aliphatic heterocycles. The molecule has 0 spiro atoms. The monoisotopic (exact) mass is 298 g/mol. The maximum absolute atomic E-state index is 12.3. The minimum atomic E-state index is -3.58. The molecule has 0 saturated carbocycles. The first-order valence-corrected chi connectivity index (χ1v) is 7.46. The zero-order valence-corrected chi connectivity index (χ0v) is 12.4. The number of hydrogen-bond acceptors (Lipinski definition) is 5. The summed E-state index contributed by atoms with van der Waals surface area (Å²) in [5, 5.41) is 8.63. The lowest BCUT2D eigenvalue weighted by atomic mass is 10.3. The van der Waals surface area contributed by atoms with Crippen molar-refractivity contribution in [2.75, 3.05) is 33.9 Å². The molecule has 0 unspecified atom stereocenters. The average molecular weight is 298 g/mol. The number of pyridine rings is 1. The Morgan fingerprint density at radius 2 is 2.20 bits per heavy atom. The van der Waals surface area contributed by atoms with Gasteiger partial charge in [0.25, 0.3) is 0 Å². The van der Waals surface area contributed by atoms with Crippen LogP contribution in [-0.2, 0) is 14.8 Å². The molecular formula is C13H18N2O4S. The second-order valence-electron chi connectivity index (χ2n) is 4.04. The molecule has 0 fully saturated rings. The summed E-state index contributed by atoms with van der Waals surface area (Å²) in [7, 11) is -0.500. The largest absolute Gasteiger partial charge is 0.385 e. The van der Waals surface area contributed by atoms with Crippen molar-refractivity contribution < 1.29 is 18.3 Å². The third-order valence-corrected chi connectivity index (χ3v) is 4.38. The lowest BCUT2D eigenvalue weighted by Crippen LogP contribution is -2.28. The minimum Gasteiger partial charge on any atom is -0.385 e. The first kappa shape index (κ1) is 16.6. The Labute approximate surface area is 119 Å². The Hall–Kier alpha value is -1.46. The van der Waals surface area contributed by atoms with Crippen LogP contribution in [0.25, 0.3) is 0 Å². The molecule has 1 N–H and O–H groups in total. The van der Waals surface area contributed by atoms with E-state index in [9.17, 15) is 8.42 Å². The third-order valence-electron chi connectivity index (χ3n) is 2.55. The molecule has 0 aliphatic rings. The van der Waals surface area contributed by atoms with Crippen LogP contribution in [0.2, 0.25) is 0 Å². The highest BCUT2D eigenvalue weighted by Crippen LogP contribution is 2.14. The van der Waals surface area contributed by atoms with Crippen molar-refractivity contribution in [2.45, 2.75) is 11.3 Å². The van der Waals surface area contributed by atoms with E-state index in [2.05, 4.69) is 16.8 Å². The molecule has 6 nitrogen and oxygen atoms in total. The summed E-state index contributed by atoms with van der Waals surface area (Å²) < 4.78 is 30.8. The van der Waals surface area contributed by atoms with Gasteiger partial charge in [-0.2, -0.15) is 0 Å². The van der Waals surface area contributed by atoms with Gasteiger partial charge in [-0.15, -0.1) is 0 Å². The highest BCUT2D eigenvalue weighted by atomic mass is 32.2. The summed E-state index contributed by atoms with van der Waals surface area (Å²) in [6.45, 7) is 0.580. The van der Waals surface area contributed by atoms with E-state index in [0.29, 0.717) is 25.1 Å². The summed E-state index contributed by atoms with van der Waals surface area (Å²) in [5.41, 5.74) is 0.449. The average Bonchev–Trinajstić information content (AvgIpc) is 2.45. The molecule has 1 aromatic rings. The van der Waals surface area contributed by atoms with Crippen LogP contribution in [0.1, 0.15) is 12.0 Å². The SMILES string of the molecule is COCCCN(C)S(=O)(=O)c1cncc(C#CCO)c1. The quantitative estimate of drug-likeness (QED) is 0.594. The molecule has 0 bridgehead atoms. The van der Waals surface area contributed by atoms with E-state index in [1.54, 1.807) is 7.11 Å². The van der Waals surface area contributed by atoms with Crippen LogP contribution in [0.3, 0.4) is 0 Å². The number of aliphatic hydroxyl groups is 1. The predicted octanol–water partition coefficient (Wildman–Crippen LogP) is 0.0824. The van der Waals surface area contributed by atoms with Crippen LogP contribution < -0.4 is 0 Å². The Kier molecular flexibility index (Phi) is 6.61. The first-order chi connectivity index (χ1) is 9.52. The van der Waals surface area contributed by atoms with E-state index in [1.165, 1.54) is 29.8 Å². The van der Waals surface area contributed by atoms with E-state index >= 15 is 0 Å². The number of nitrogens with zero attached hydrogens (tertiary/aromatic N) is 2. The molecule has 0 amide bonds. The molecule has 7 heteroatoms. The molecule has 0 saturated heterocycles. The molecular weight excluding hydrogens is 280 g/mol. The number of methoxy groups -OCH3 is 1. The Morgan fingerprint density at radius 1 is 1.45 bits per heavy atom. The van der Waals surface area contributed by atoms with Gasteiger partial charge in [-0.3, -0.25) is 4.98 Å². The van der Waals surface area contributed by atoms with Gasteiger partial charge in [-0.1, -0.05) is 11.8 Å². The zero-order valence-electron chi connectivity index (χ0n) is 11.5. The second kappa shape index (κ2) is 7.97. The molecule has 20 heavy (non-hydrogen) atoms. The third kappa shape index (κ3) is 4.58. The fraction of sp³-hybridized carbons (Fsp3) is 0.462. The molecule has 1 heterocycles. The summed E-state index contributed by atoms with van der Waals surface area (Å²) in [6, 6.07) is 1.44. The topological polar surface area (TPSA) is 79.7 Å². The van der Waals surface area contributed by atoms with Gasteiger partial charge in [-0.25, -0.2) is 12.7 Å². The number of sulfonamides is 1. The van der Waals surface area contributed by atoms with Crippen LogP contribution in [0, 0.1) is 11.8 Å². The summed E-state index contributed by atoms with van der Waals surface area (Å²) >= 11 is 0. The zero-order chi connectivity index (χ0) is 15.0. The summed E-state index contributed by atoms with van der Waals surface area (Å²) in [4.78, 5) is 3.95. The molecule has 0 aromatic carbocycles. The van der Waals surface area contributed by atoms with Crippen molar-refractivity contribution in [1.29, 1.82) is 0 Å². The van der Waals surface area contributed by atoms with Crippen LogP contribution in [0.15, 0.2) is 23.4 Å². The van der Waals surface area contributed by atoms with Crippen molar-refractivity contribution >= 4 is 10.0 Å². The number of rotatable bonds is 6. The van der Waals surface area contributed by atoms with E-state index in [0.717, 1.165) is 0 Å². The van der Waals surface area contributed by atoms with Crippen LogP contribution in [0.5, 0.6) is 0 Å². The van der Waals surface area contributed by atoms with E-state index in [-0.39, 0.29) is 11.5 Å². The van der Waals surface area contributed by atoms with Crippen LogP contribution >= 0.6 is 0 Å². The van der Waals surface area contributed by atoms with E-state index in [1.807, 2.05) is 0 Å². The van der Waals surface area contributed by atoms with Crippen molar-refractivity contribution in [3.8, 4) is 11.8 Å². The van der Waals surface area contributed by atoms with Crippen molar-refractivity contribution in [3.05, 3.63) is 24.0 Å². The number of ether oxygens (including phenoxy) is 1. The van der Waals surface area contributed by atoms with Gasteiger partial charge in [0, 0.05) is 45.3 Å². The van der Waals surface area contributed by atoms with Crippen molar-refractivity contribution in [1.82, 2.24) is 9.29 Å². The van der Waals surface area contributed by atoms with Crippen LogP contribution in [0.4, 0.5) is 0 Å². The molecule has 1 rings (SSSR count). The minimum absolute atomic E-state index is 0.0853. The Balaban J connectivity index is 2.91. The standard InChI is InChI=1S/C13H18N2O4S/c1-15(6-4-8-19-2)20(17,18)13-9-12(5-3-7-16)10-14-11-13/h9-11,16H,4,6-8H2,1-2H3. The summed E-state index contributed by atoms with van der Waals surface area (Å²) in [6.07, 6.45) is 3.35. The fourth-order valence-corrected chi connectivity index (χ4v) is 2.70. The predicted molar refractivity (Wildman–Crippen MR) is 74.5 cm³/mol.